The molecular formula is C14H20FN3O3S. The zero-order valence-electron chi connectivity index (χ0n) is 12.7. The van der Waals surface area contributed by atoms with Gasteiger partial charge in [0, 0.05) is 26.2 Å². The highest BCUT2D eigenvalue weighted by atomic mass is 32.2. The van der Waals surface area contributed by atoms with Crippen molar-refractivity contribution >= 4 is 15.9 Å². The Labute approximate surface area is 130 Å². The number of amides is 1. The van der Waals surface area contributed by atoms with Crippen LogP contribution < -0.4 is 0 Å². The fourth-order valence-electron chi connectivity index (χ4n) is 2.34. The molecule has 0 N–H and O–H groups in total. The fraction of sp³-hybridized carbons (Fsp3) is 0.500. The van der Waals surface area contributed by atoms with Crippen LogP contribution in [0.1, 0.15) is 0 Å². The Bertz CT molecular complexity index is 640. The normalized spacial score (nSPS) is 17.0. The molecule has 0 unspecified atom stereocenters. The van der Waals surface area contributed by atoms with Gasteiger partial charge in [-0.15, -0.1) is 0 Å². The van der Waals surface area contributed by atoms with E-state index in [9.17, 15) is 17.6 Å². The van der Waals surface area contributed by atoms with E-state index in [0.717, 1.165) is 6.07 Å². The number of carbonyl (C=O) groups is 1. The minimum absolute atomic E-state index is 0.0343. The summed E-state index contributed by atoms with van der Waals surface area (Å²) in [5, 5.41) is 0. The van der Waals surface area contributed by atoms with E-state index in [1.165, 1.54) is 22.5 Å². The van der Waals surface area contributed by atoms with Gasteiger partial charge in [0.25, 0.3) is 0 Å². The molecule has 1 aromatic rings. The molecule has 0 bridgehead atoms. The minimum Gasteiger partial charge on any atom is -0.339 e. The highest BCUT2D eigenvalue weighted by Gasteiger charge is 2.31. The molecule has 1 aromatic carbocycles. The molecule has 122 valence electrons. The molecule has 1 aliphatic rings. The fourth-order valence-corrected chi connectivity index (χ4v) is 3.83. The monoisotopic (exact) mass is 329 g/mol. The molecule has 1 fully saturated rings. The number of carbonyl (C=O) groups excluding carboxylic acids is 1. The maximum atomic E-state index is 13.7. The average Bonchev–Trinajstić information content (AvgIpc) is 2.47. The summed E-state index contributed by atoms with van der Waals surface area (Å²) in [7, 11) is -0.250. The molecule has 22 heavy (non-hydrogen) atoms. The Hall–Kier alpha value is -1.51. The molecule has 2 rings (SSSR count). The van der Waals surface area contributed by atoms with Crippen LogP contribution in [-0.4, -0.2) is 75.2 Å². The minimum atomic E-state index is -3.85. The van der Waals surface area contributed by atoms with Gasteiger partial charge in [0.05, 0.1) is 6.54 Å². The molecule has 6 nitrogen and oxygen atoms in total. The Morgan fingerprint density at radius 3 is 2.32 bits per heavy atom. The van der Waals surface area contributed by atoms with E-state index in [4.69, 9.17) is 0 Å². The summed E-state index contributed by atoms with van der Waals surface area (Å²) in [5.41, 5.74) is 0. The number of piperazine rings is 1. The number of halogens is 1. The van der Waals surface area contributed by atoms with Crippen molar-refractivity contribution < 1.29 is 17.6 Å². The van der Waals surface area contributed by atoms with Crippen LogP contribution in [0.3, 0.4) is 0 Å². The quantitative estimate of drug-likeness (QED) is 0.793. The highest BCUT2D eigenvalue weighted by Crippen LogP contribution is 2.20. The molecule has 0 atom stereocenters. The lowest BCUT2D eigenvalue weighted by Gasteiger charge is -2.34. The third-order valence-corrected chi connectivity index (χ3v) is 5.43. The van der Waals surface area contributed by atoms with E-state index < -0.39 is 15.8 Å². The number of nitrogens with zero attached hydrogens (tertiary/aromatic N) is 3. The van der Waals surface area contributed by atoms with Gasteiger partial charge in [-0.25, -0.2) is 12.8 Å². The Balaban J connectivity index is 2.05. The topological polar surface area (TPSA) is 60.9 Å². The second kappa shape index (κ2) is 6.72. The molecule has 0 radical (unpaired) electrons. The largest absolute Gasteiger partial charge is 0.339 e. The lowest BCUT2D eigenvalue weighted by molar-refractivity contribution is -0.133. The highest BCUT2D eigenvalue weighted by molar-refractivity contribution is 7.89. The molecule has 0 spiro atoms. The van der Waals surface area contributed by atoms with Crippen molar-refractivity contribution in [1.82, 2.24) is 14.1 Å². The second-order valence-corrected chi connectivity index (χ2v) is 7.36. The molecule has 1 heterocycles. The van der Waals surface area contributed by atoms with Gasteiger partial charge in [0.1, 0.15) is 10.7 Å². The van der Waals surface area contributed by atoms with Crippen LogP contribution in [0, 0.1) is 5.82 Å². The number of hydrogen-bond acceptors (Lipinski definition) is 4. The zero-order valence-corrected chi connectivity index (χ0v) is 13.5. The zero-order chi connectivity index (χ0) is 16.3. The van der Waals surface area contributed by atoms with Gasteiger partial charge in [0.15, 0.2) is 0 Å². The predicted molar refractivity (Wildman–Crippen MR) is 80.3 cm³/mol. The first-order chi connectivity index (χ1) is 10.3. The Morgan fingerprint density at radius 2 is 1.77 bits per heavy atom. The summed E-state index contributed by atoms with van der Waals surface area (Å²) in [5.74, 6) is -0.790. The summed E-state index contributed by atoms with van der Waals surface area (Å²) in [6.45, 7) is 1.28. The molecular weight excluding hydrogens is 309 g/mol. The summed E-state index contributed by atoms with van der Waals surface area (Å²) in [4.78, 5) is 15.0. The molecule has 1 amide bonds. The third-order valence-electron chi connectivity index (χ3n) is 3.50. The molecule has 8 heteroatoms. The first-order valence-electron chi connectivity index (χ1n) is 6.99. The smallest absolute Gasteiger partial charge is 0.246 e. The molecule has 1 aliphatic heterocycles. The lowest BCUT2D eigenvalue weighted by atomic mass is 10.3. The van der Waals surface area contributed by atoms with Crippen molar-refractivity contribution in [3.63, 3.8) is 0 Å². The van der Waals surface area contributed by atoms with Gasteiger partial charge in [0.2, 0.25) is 15.9 Å². The van der Waals surface area contributed by atoms with Crippen molar-refractivity contribution in [3.8, 4) is 0 Å². The molecule has 0 aliphatic carbocycles. The van der Waals surface area contributed by atoms with E-state index in [1.807, 2.05) is 0 Å². The third kappa shape index (κ3) is 3.63. The predicted octanol–water partition coefficient (Wildman–Crippen LogP) is 0.220. The number of benzene rings is 1. The van der Waals surface area contributed by atoms with Crippen LogP contribution in [-0.2, 0) is 14.8 Å². The van der Waals surface area contributed by atoms with E-state index >= 15 is 0 Å². The molecule has 0 saturated carbocycles. The van der Waals surface area contributed by atoms with Gasteiger partial charge in [-0.2, -0.15) is 4.31 Å². The van der Waals surface area contributed by atoms with Gasteiger partial charge < -0.3 is 9.80 Å². The summed E-state index contributed by atoms with van der Waals surface area (Å²) in [6, 6.07) is 5.33. The van der Waals surface area contributed by atoms with Gasteiger partial charge in [-0.05, 0) is 26.2 Å². The average molecular weight is 329 g/mol. The van der Waals surface area contributed by atoms with Crippen molar-refractivity contribution in [3.05, 3.63) is 30.1 Å². The lowest BCUT2D eigenvalue weighted by Crippen LogP contribution is -2.52. The van der Waals surface area contributed by atoms with Crippen molar-refractivity contribution in [2.24, 2.45) is 0 Å². The number of rotatable bonds is 4. The maximum absolute atomic E-state index is 13.7. The van der Waals surface area contributed by atoms with E-state index in [0.29, 0.717) is 19.6 Å². The first-order valence-corrected chi connectivity index (χ1v) is 8.43. The van der Waals surface area contributed by atoms with Crippen LogP contribution in [0.2, 0.25) is 0 Å². The van der Waals surface area contributed by atoms with Crippen LogP contribution in [0.25, 0.3) is 0 Å². The Morgan fingerprint density at radius 1 is 1.18 bits per heavy atom. The summed E-state index contributed by atoms with van der Waals surface area (Å²) < 4.78 is 39.8. The van der Waals surface area contributed by atoms with Crippen LogP contribution in [0.5, 0.6) is 0 Å². The van der Waals surface area contributed by atoms with Crippen molar-refractivity contribution in [2.45, 2.75) is 4.90 Å². The SMILES string of the molecule is CN(C)CC(=O)N1CCN(S(=O)(=O)c2ccccc2F)CC1. The first kappa shape index (κ1) is 16.9. The Kier molecular flexibility index (Phi) is 5.15. The van der Waals surface area contributed by atoms with Crippen molar-refractivity contribution in [2.75, 3.05) is 46.8 Å². The number of hydrogen-bond donors (Lipinski definition) is 0. The van der Waals surface area contributed by atoms with Crippen molar-refractivity contribution in [1.29, 1.82) is 0 Å². The van der Waals surface area contributed by atoms with Gasteiger partial charge >= 0.3 is 0 Å². The molecule has 0 aromatic heterocycles. The maximum Gasteiger partial charge on any atom is 0.246 e. The summed E-state index contributed by atoms with van der Waals surface area (Å²) in [6.07, 6.45) is 0. The van der Waals surface area contributed by atoms with E-state index in [-0.39, 0.29) is 23.9 Å². The van der Waals surface area contributed by atoms with Crippen LogP contribution in [0.4, 0.5) is 4.39 Å². The number of sulfonamides is 1. The standard InChI is InChI=1S/C14H20FN3O3S/c1-16(2)11-14(19)17-7-9-18(10-8-17)22(20,21)13-6-4-3-5-12(13)15/h3-6H,7-11H2,1-2H3. The number of likely N-dealkylation sites (N-methyl/N-ethyl adjacent to an activating group) is 1. The molecule has 1 saturated heterocycles. The van der Waals surface area contributed by atoms with Crippen LogP contribution >= 0.6 is 0 Å². The second-order valence-electron chi connectivity index (χ2n) is 5.45. The van der Waals surface area contributed by atoms with E-state index in [2.05, 4.69) is 0 Å². The van der Waals surface area contributed by atoms with Crippen LogP contribution in [0.15, 0.2) is 29.2 Å². The van der Waals surface area contributed by atoms with Gasteiger partial charge in [-0.1, -0.05) is 12.1 Å². The summed E-state index contributed by atoms with van der Waals surface area (Å²) >= 11 is 0. The van der Waals surface area contributed by atoms with Gasteiger partial charge in [-0.3, -0.25) is 4.79 Å². The van der Waals surface area contributed by atoms with E-state index in [1.54, 1.807) is 23.9 Å².